The van der Waals surface area contributed by atoms with Gasteiger partial charge in [-0.3, -0.25) is 14.4 Å². The van der Waals surface area contributed by atoms with Gasteiger partial charge in [0.05, 0.1) is 36.9 Å². The fourth-order valence-electron chi connectivity index (χ4n) is 4.76. The Hall–Kier alpha value is -3.68. The van der Waals surface area contributed by atoms with Crippen molar-refractivity contribution in [2.24, 2.45) is 11.8 Å². The Kier molecular flexibility index (Phi) is 5.93. The SMILES string of the molecule is CCOC(=O)C1=C(C)NC2=C(C(=O)[C@H](C(=O)OC)[C@@H](C)C2)[C@@H]1c1coc2ccccc2c1=O. The zero-order chi connectivity index (χ0) is 23.9. The van der Waals surface area contributed by atoms with Gasteiger partial charge < -0.3 is 19.2 Å². The summed E-state index contributed by atoms with van der Waals surface area (Å²) in [7, 11) is 1.23. The molecule has 0 saturated heterocycles. The molecule has 33 heavy (non-hydrogen) atoms. The number of dihydropyridines is 1. The summed E-state index contributed by atoms with van der Waals surface area (Å²) in [6, 6.07) is 6.76. The van der Waals surface area contributed by atoms with Crippen LogP contribution in [0.3, 0.4) is 0 Å². The highest BCUT2D eigenvalue weighted by Crippen LogP contribution is 2.45. The van der Waals surface area contributed by atoms with Crippen molar-refractivity contribution >= 4 is 28.7 Å². The van der Waals surface area contributed by atoms with Gasteiger partial charge in [-0.2, -0.15) is 0 Å². The van der Waals surface area contributed by atoms with Crippen molar-refractivity contribution in [2.75, 3.05) is 13.7 Å². The van der Waals surface area contributed by atoms with Crippen molar-refractivity contribution in [3.8, 4) is 0 Å². The average molecular weight is 451 g/mol. The Morgan fingerprint density at radius 2 is 1.94 bits per heavy atom. The predicted molar refractivity (Wildman–Crippen MR) is 119 cm³/mol. The molecule has 8 nitrogen and oxygen atoms in total. The van der Waals surface area contributed by atoms with Gasteiger partial charge in [-0.25, -0.2) is 4.79 Å². The molecule has 3 atom stereocenters. The standard InChI is InChI=1S/C25H25NO7/c1-5-32-25(30)19-13(3)26-16-10-12(2)18(24(29)31-4)23(28)21(16)20(19)15-11-33-17-9-7-6-8-14(17)22(15)27/h6-9,11-12,18,20,26H,5,10H2,1-4H3/t12-,18+,20+/m0/s1. The average Bonchev–Trinajstić information content (AvgIpc) is 2.78. The van der Waals surface area contributed by atoms with Crippen molar-refractivity contribution in [1.29, 1.82) is 0 Å². The lowest BCUT2D eigenvalue weighted by Crippen LogP contribution is -2.44. The lowest BCUT2D eigenvalue weighted by molar-refractivity contribution is -0.151. The van der Waals surface area contributed by atoms with Crippen LogP contribution >= 0.6 is 0 Å². The van der Waals surface area contributed by atoms with Crippen LogP contribution in [0.25, 0.3) is 11.0 Å². The Bertz CT molecular complexity index is 1280. The number of rotatable bonds is 4. The molecule has 1 aromatic heterocycles. The molecule has 1 aliphatic heterocycles. The van der Waals surface area contributed by atoms with Crippen LogP contribution < -0.4 is 10.7 Å². The number of para-hydroxylation sites is 1. The number of benzene rings is 1. The van der Waals surface area contributed by atoms with E-state index in [9.17, 15) is 19.2 Å². The van der Waals surface area contributed by atoms with E-state index >= 15 is 0 Å². The first-order valence-electron chi connectivity index (χ1n) is 10.8. The molecule has 0 unspecified atom stereocenters. The number of ketones is 1. The number of carbonyl (C=O) groups excluding carboxylic acids is 3. The summed E-state index contributed by atoms with van der Waals surface area (Å²) >= 11 is 0. The molecule has 4 rings (SSSR count). The van der Waals surface area contributed by atoms with E-state index in [4.69, 9.17) is 13.9 Å². The van der Waals surface area contributed by atoms with E-state index in [1.807, 2.05) is 0 Å². The highest BCUT2D eigenvalue weighted by Gasteiger charge is 2.48. The molecular weight excluding hydrogens is 426 g/mol. The van der Waals surface area contributed by atoms with Crippen LogP contribution in [0, 0.1) is 11.8 Å². The fourth-order valence-corrected chi connectivity index (χ4v) is 4.76. The molecule has 1 aromatic carbocycles. The Labute approximate surface area is 190 Å². The highest BCUT2D eigenvalue weighted by molar-refractivity contribution is 6.12. The predicted octanol–water partition coefficient (Wildman–Crippen LogP) is 2.97. The van der Waals surface area contributed by atoms with Crippen LogP contribution in [-0.4, -0.2) is 31.4 Å². The Morgan fingerprint density at radius 1 is 1.21 bits per heavy atom. The molecule has 0 bridgehead atoms. The molecule has 0 spiro atoms. The van der Waals surface area contributed by atoms with Crippen molar-refractivity contribution < 1.29 is 28.3 Å². The number of nitrogens with one attached hydrogen (secondary N) is 1. The first kappa shape index (κ1) is 22.5. The molecule has 8 heteroatoms. The third kappa shape index (κ3) is 3.65. The van der Waals surface area contributed by atoms with Gasteiger partial charge in [0.2, 0.25) is 0 Å². The molecule has 1 N–H and O–H groups in total. The number of carbonyl (C=O) groups is 3. The van der Waals surface area contributed by atoms with Gasteiger partial charge in [0, 0.05) is 22.5 Å². The first-order chi connectivity index (χ1) is 15.8. The van der Waals surface area contributed by atoms with E-state index in [0.29, 0.717) is 28.8 Å². The number of hydrogen-bond donors (Lipinski definition) is 1. The summed E-state index contributed by atoms with van der Waals surface area (Å²) in [5, 5.41) is 3.49. The van der Waals surface area contributed by atoms with Crippen LogP contribution in [0.1, 0.15) is 38.7 Å². The molecule has 2 aromatic rings. The molecule has 0 fully saturated rings. The molecule has 0 amide bonds. The maximum Gasteiger partial charge on any atom is 0.336 e. The summed E-state index contributed by atoms with van der Waals surface area (Å²) in [6.45, 7) is 5.29. The quantitative estimate of drug-likeness (QED) is 0.558. The van der Waals surface area contributed by atoms with Gasteiger partial charge in [-0.05, 0) is 38.3 Å². The third-order valence-electron chi connectivity index (χ3n) is 6.26. The van der Waals surface area contributed by atoms with Crippen molar-refractivity contribution in [2.45, 2.75) is 33.1 Å². The minimum atomic E-state index is -1.03. The molecular formula is C25H25NO7. The number of fused-ring (bicyclic) bond motifs is 1. The number of hydrogen-bond acceptors (Lipinski definition) is 8. The van der Waals surface area contributed by atoms with Crippen molar-refractivity contribution in [3.63, 3.8) is 0 Å². The number of Topliss-reactive ketones (excluding diaryl/α,β-unsaturated/α-hetero) is 1. The summed E-state index contributed by atoms with van der Waals surface area (Å²) in [6.07, 6.45) is 1.67. The highest BCUT2D eigenvalue weighted by atomic mass is 16.5. The van der Waals surface area contributed by atoms with E-state index < -0.39 is 29.6 Å². The van der Waals surface area contributed by atoms with Crippen molar-refractivity contribution in [1.82, 2.24) is 5.32 Å². The van der Waals surface area contributed by atoms with Gasteiger partial charge in [0.1, 0.15) is 11.5 Å². The number of esters is 2. The fraction of sp³-hybridized carbons (Fsp3) is 0.360. The van der Waals surface area contributed by atoms with Crippen LogP contribution in [-0.2, 0) is 23.9 Å². The molecule has 1 aliphatic carbocycles. The molecule has 2 heterocycles. The van der Waals surface area contributed by atoms with Gasteiger partial charge >= 0.3 is 11.9 Å². The van der Waals surface area contributed by atoms with Gasteiger partial charge in [0.25, 0.3) is 0 Å². The van der Waals surface area contributed by atoms with E-state index in [-0.39, 0.29) is 34.7 Å². The van der Waals surface area contributed by atoms with Crippen LogP contribution in [0.2, 0.25) is 0 Å². The molecule has 2 aliphatic rings. The number of ether oxygens (including phenoxy) is 2. The maximum atomic E-state index is 13.7. The van der Waals surface area contributed by atoms with Crippen molar-refractivity contribution in [3.05, 3.63) is 68.9 Å². The zero-order valence-corrected chi connectivity index (χ0v) is 18.9. The molecule has 172 valence electrons. The Balaban J connectivity index is 1.98. The van der Waals surface area contributed by atoms with Crippen LogP contribution in [0.15, 0.2) is 62.3 Å². The largest absolute Gasteiger partial charge is 0.468 e. The second-order valence-electron chi connectivity index (χ2n) is 8.27. The minimum Gasteiger partial charge on any atom is -0.468 e. The van der Waals surface area contributed by atoms with E-state index in [1.165, 1.54) is 13.4 Å². The van der Waals surface area contributed by atoms with Gasteiger partial charge in [-0.15, -0.1) is 0 Å². The summed E-state index contributed by atoms with van der Waals surface area (Å²) < 4.78 is 15.9. The van der Waals surface area contributed by atoms with E-state index in [0.717, 1.165) is 0 Å². The van der Waals surface area contributed by atoms with E-state index in [2.05, 4.69) is 5.32 Å². The summed E-state index contributed by atoms with van der Waals surface area (Å²) in [4.78, 5) is 52.6. The van der Waals surface area contributed by atoms with Gasteiger partial charge in [-0.1, -0.05) is 19.1 Å². The topological polar surface area (TPSA) is 112 Å². The normalized spacial score (nSPS) is 22.7. The molecule has 0 saturated carbocycles. The number of methoxy groups -OCH3 is 1. The smallest absolute Gasteiger partial charge is 0.336 e. The minimum absolute atomic E-state index is 0.121. The summed E-state index contributed by atoms with van der Waals surface area (Å²) in [5.41, 5.74) is 1.58. The van der Waals surface area contributed by atoms with Crippen LogP contribution in [0.4, 0.5) is 0 Å². The second kappa shape index (κ2) is 8.69. The van der Waals surface area contributed by atoms with E-state index in [1.54, 1.807) is 45.0 Å². The summed E-state index contributed by atoms with van der Waals surface area (Å²) in [5.74, 6) is -4.16. The second-order valence-corrected chi connectivity index (χ2v) is 8.27. The van der Waals surface area contributed by atoms with Gasteiger partial charge in [0.15, 0.2) is 11.2 Å². The number of allylic oxidation sites excluding steroid dienone is 3. The third-order valence-corrected chi connectivity index (χ3v) is 6.26. The first-order valence-corrected chi connectivity index (χ1v) is 10.8. The monoisotopic (exact) mass is 451 g/mol. The maximum absolute atomic E-state index is 13.7. The Morgan fingerprint density at radius 3 is 2.64 bits per heavy atom. The van der Waals surface area contributed by atoms with Crippen LogP contribution in [0.5, 0.6) is 0 Å². The zero-order valence-electron chi connectivity index (χ0n) is 18.9. The molecule has 0 radical (unpaired) electrons. The lowest BCUT2D eigenvalue weighted by Gasteiger charge is -2.37. The lowest BCUT2D eigenvalue weighted by atomic mass is 9.69.